The van der Waals surface area contributed by atoms with E-state index in [1.807, 2.05) is 18.5 Å². The summed E-state index contributed by atoms with van der Waals surface area (Å²) in [7, 11) is 0. The number of hydrogen-bond acceptors (Lipinski definition) is 3. The Morgan fingerprint density at radius 1 is 1.35 bits per heavy atom. The lowest BCUT2D eigenvalue weighted by Crippen LogP contribution is -2.36. The molecule has 0 atom stereocenters. The van der Waals surface area contributed by atoms with Crippen LogP contribution in [0.25, 0.3) is 0 Å². The average molecular weight is 281 g/mol. The van der Waals surface area contributed by atoms with E-state index >= 15 is 0 Å². The smallest absolute Gasteiger partial charge is 0.323 e. The Kier molecular flexibility index (Phi) is 6.21. The SMILES string of the molecule is CCCCn1ncc(C(=O)N(CCC)CC(=O)O)c1C. The normalized spacial score (nSPS) is 10.6. The van der Waals surface area contributed by atoms with Crippen molar-refractivity contribution in [3.8, 4) is 0 Å². The Balaban J connectivity index is 2.88. The predicted octanol–water partition coefficient (Wildman–Crippen LogP) is 1.93. The second-order valence-corrected chi connectivity index (χ2v) is 4.84. The summed E-state index contributed by atoms with van der Waals surface area (Å²) in [6, 6.07) is 0. The van der Waals surface area contributed by atoms with Crippen molar-refractivity contribution in [2.45, 2.75) is 46.6 Å². The average Bonchev–Trinajstić information content (AvgIpc) is 2.76. The maximum atomic E-state index is 12.4. The monoisotopic (exact) mass is 281 g/mol. The molecule has 0 aliphatic heterocycles. The number of rotatable bonds is 8. The minimum Gasteiger partial charge on any atom is -0.480 e. The lowest BCUT2D eigenvalue weighted by atomic mass is 10.2. The van der Waals surface area contributed by atoms with Crippen LogP contribution < -0.4 is 0 Å². The molecule has 0 aromatic carbocycles. The number of carbonyl (C=O) groups is 2. The number of aromatic nitrogens is 2. The van der Waals surface area contributed by atoms with Gasteiger partial charge in [0.05, 0.1) is 11.8 Å². The summed E-state index contributed by atoms with van der Waals surface area (Å²) in [5.41, 5.74) is 1.30. The number of carbonyl (C=O) groups excluding carboxylic acids is 1. The number of aliphatic carboxylic acids is 1. The number of hydrogen-bond donors (Lipinski definition) is 1. The Labute approximate surface area is 119 Å². The molecule has 0 aliphatic rings. The fourth-order valence-electron chi connectivity index (χ4n) is 2.05. The van der Waals surface area contributed by atoms with Crippen LogP contribution in [0, 0.1) is 6.92 Å². The molecule has 1 amide bonds. The van der Waals surface area contributed by atoms with E-state index in [4.69, 9.17) is 5.11 Å². The fraction of sp³-hybridized carbons (Fsp3) is 0.643. The van der Waals surface area contributed by atoms with E-state index in [-0.39, 0.29) is 12.5 Å². The molecular weight excluding hydrogens is 258 g/mol. The third-order valence-electron chi connectivity index (χ3n) is 3.16. The third kappa shape index (κ3) is 4.08. The molecule has 6 heteroatoms. The molecule has 0 saturated heterocycles. The van der Waals surface area contributed by atoms with Gasteiger partial charge in [0.1, 0.15) is 6.54 Å². The Morgan fingerprint density at radius 2 is 2.05 bits per heavy atom. The summed E-state index contributed by atoms with van der Waals surface area (Å²) < 4.78 is 1.81. The van der Waals surface area contributed by atoms with Crippen molar-refractivity contribution in [1.29, 1.82) is 0 Å². The van der Waals surface area contributed by atoms with Crippen LogP contribution in [0.4, 0.5) is 0 Å². The van der Waals surface area contributed by atoms with Crippen molar-refractivity contribution in [2.24, 2.45) is 0 Å². The quantitative estimate of drug-likeness (QED) is 0.790. The number of unbranched alkanes of at least 4 members (excludes halogenated alkanes) is 1. The van der Waals surface area contributed by atoms with E-state index in [1.165, 1.54) is 11.1 Å². The van der Waals surface area contributed by atoms with E-state index in [0.717, 1.165) is 31.5 Å². The first-order chi connectivity index (χ1) is 9.51. The van der Waals surface area contributed by atoms with Gasteiger partial charge in [0, 0.05) is 18.8 Å². The maximum absolute atomic E-state index is 12.4. The van der Waals surface area contributed by atoms with Gasteiger partial charge >= 0.3 is 5.97 Å². The van der Waals surface area contributed by atoms with Gasteiger partial charge in [-0.3, -0.25) is 14.3 Å². The predicted molar refractivity (Wildman–Crippen MR) is 75.7 cm³/mol. The number of nitrogens with zero attached hydrogens (tertiary/aromatic N) is 3. The molecule has 1 N–H and O–H groups in total. The van der Waals surface area contributed by atoms with Crippen LogP contribution in [-0.2, 0) is 11.3 Å². The van der Waals surface area contributed by atoms with E-state index < -0.39 is 5.97 Å². The molecule has 0 unspecified atom stereocenters. The molecule has 0 bridgehead atoms. The van der Waals surface area contributed by atoms with Gasteiger partial charge in [0.15, 0.2) is 0 Å². The highest BCUT2D eigenvalue weighted by Gasteiger charge is 2.21. The topological polar surface area (TPSA) is 75.4 Å². The molecule has 1 rings (SSSR count). The standard InChI is InChI=1S/C14H23N3O3/c1-4-6-8-17-11(3)12(9-15-17)14(20)16(7-5-2)10-13(18)19/h9H,4-8,10H2,1-3H3,(H,18,19). The Bertz CT molecular complexity index is 468. The van der Waals surface area contributed by atoms with Crippen molar-refractivity contribution in [3.05, 3.63) is 17.5 Å². The van der Waals surface area contributed by atoms with Gasteiger partial charge < -0.3 is 10.0 Å². The molecule has 0 fully saturated rings. The van der Waals surface area contributed by atoms with Crippen LogP contribution in [0.15, 0.2) is 6.20 Å². The number of amides is 1. The van der Waals surface area contributed by atoms with Crippen LogP contribution in [-0.4, -0.2) is 44.8 Å². The number of carboxylic acid groups (broad SMARTS) is 1. The van der Waals surface area contributed by atoms with Crippen LogP contribution in [0.1, 0.15) is 49.2 Å². The largest absolute Gasteiger partial charge is 0.480 e. The zero-order chi connectivity index (χ0) is 15.1. The second-order valence-electron chi connectivity index (χ2n) is 4.84. The molecule has 1 aromatic heterocycles. The molecule has 1 aromatic rings. The third-order valence-corrected chi connectivity index (χ3v) is 3.16. The van der Waals surface area contributed by atoms with Gasteiger partial charge in [-0.25, -0.2) is 0 Å². The van der Waals surface area contributed by atoms with E-state index in [9.17, 15) is 9.59 Å². The first kappa shape index (κ1) is 16.2. The minimum atomic E-state index is -0.997. The number of aryl methyl sites for hydroxylation is 1. The van der Waals surface area contributed by atoms with Gasteiger partial charge in [-0.15, -0.1) is 0 Å². The van der Waals surface area contributed by atoms with E-state index in [2.05, 4.69) is 12.0 Å². The highest BCUT2D eigenvalue weighted by Crippen LogP contribution is 2.12. The molecule has 112 valence electrons. The van der Waals surface area contributed by atoms with E-state index in [0.29, 0.717) is 12.1 Å². The molecule has 0 spiro atoms. The van der Waals surface area contributed by atoms with Crippen LogP contribution in [0.2, 0.25) is 0 Å². The highest BCUT2D eigenvalue weighted by molar-refractivity contribution is 5.96. The molecule has 0 radical (unpaired) electrons. The second kappa shape index (κ2) is 7.67. The van der Waals surface area contributed by atoms with Gasteiger partial charge in [-0.05, 0) is 19.8 Å². The number of carboxylic acids is 1. The van der Waals surface area contributed by atoms with Crippen molar-refractivity contribution in [3.63, 3.8) is 0 Å². The molecule has 0 saturated carbocycles. The van der Waals surface area contributed by atoms with Crippen LogP contribution in [0.5, 0.6) is 0 Å². The van der Waals surface area contributed by atoms with Crippen molar-refractivity contribution >= 4 is 11.9 Å². The minimum absolute atomic E-state index is 0.255. The van der Waals surface area contributed by atoms with Crippen LogP contribution in [0.3, 0.4) is 0 Å². The molecule has 6 nitrogen and oxygen atoms in total. The summed E-state index contributed by atoms with van der Waals surface area (Å²) in [4.78, 5) is 24.6. The van der Waals surface area contributed by atoms with Gasteiger partial charge in [-0.2, -0.15) is 5.10 Å². The van der Waals surface area contributed by atoms with E-state index in [1.54, 1.807) is 0 Å². The summed E-state index contributed by atoms with van der Waals surface area (Å²) >= 11 is 0. The van der Waals surface area contributed by atoms with Crippen molar-refractivity contribution in [1.82, 2.24) is 14.7 Å². The fourth-order valence-corrected chi connectivity index (χ4v) is 2.05. The molecule has 20 heavy (non-hydrogen) atoms. The molecule has 0 aliphatic carbocycles. The van der Waals surface area contributed by atoms with Crippen molar-refractivity contribution in [2.75, 3.05) is 13.1 Å². The van der Waals surface area contributed by atoms with Gasteiger partial charge in [-0.1, -0.05) is 20.3 Å². The summed E-state index contributed by atoms with van der Waals surface area (Å²) in [5, 5.41) is 13.1. The van der Waals surface area contributed by atoms with Gasteiger partial charge in [0.2, 0.25) is 0 Å². The zero-order valence-corrected chi connectivity index (χ0v) is 12.4. The molecule has 1 heterocycles. The first-order valence-corrected chi connectivity index (χ1v) is 7.04. The summed E-state index contributed by atoms with van der Waals surface area (Å²) in [5.74, 6) is -1.25. The Hall–Kier alpha value is -1.85. The zero-order valence-electron chi connectivity index (χ0n) is 12.4. The van der Waals surface area contributed by atoms with Crippen molar-refractivity contribution < 1.29 is 14.7 Å². The highest BCUT2D eigenvalue weighted by atomic mass is 16.4. The maximum Gasteiger partial charge on any atom is 0.323 e. The lowest BCUT2D eigenvalue weighted by molar-refractivity contribution is -0.137. The Morgan fingerprint density at radius 3 is 2.60 bits per heavy atom. The molecular formula is C14H23N3O3. The first-order valence-electron chi connectivity index (χ1n) is 7.04. The summed E-state index contributed by atoms with van der Waals surface area (Å²) in [6.45, 7) is 6.81. The summed E-state index contributed by atoms with van der Waals surface area (Å²) in [6.07, 6.45) is 4.33. The van der Waals surface area contributed by atoms with Gasteiger partial charge in [0.25, 0.3) is 5.91 Å². The lowest BCUT2D eigenvalue weighted by Gasteiger charge is -2.19. The van der Waals surface area contributed by atoms with Crippen LogP contribution >= 0.6 is 0 Å².